The van der Waals surface area contributed by atoms with Crippen molar-refractivity contribution in [1.29, 1.82) is 0 Å². The summed E-state index contributed by atoms with van der Waals surface area (Å²) in [7, 11) is -14.8. The van der Waals surface area contributed by atoms with Crippen LogP contribution in [0.1, 0.15) is 0 Å². The van der Waals surface area contributed by atoms with E-state index in [1.807, 2.05) is 0 Å². The fourth-order valence-corrected chi connectivity index (χ4v) is 0. The molecule has 0 aliphatic heterocycles. The van der Waals surface area contributed by atoms with E-state index >= 15 is 0 Å². The summed E-state index contributed by atoms with van der Waals surface area (Å²) < 4.78 is 102. The minimum atomic E-state index is -4.94. The first kappa shape index (κ1) is 66.3. The average molecular weight is 462 g/mol. The summed E-state index contributed by atoms with van der Waals surface area (Å²) in [5.74, 6) is 0. The minimum absolute atomic E-state index is 0. The van der Waals surface area contributed by atoms with Crippen molar-refractivity contribution in [3.63, 3.8) is 0 Å². The first-order valence-corrected chi connectivity index (χ1v) is 5.55. The second kappa shape index (κ2) is 26.6. The molecule has 0 saturated heterocycles. The van der Waals surface area contributed by atoms with Crippen molar-refractivity contribution in [1.82, 2.24) is 0 Å². The predicted molar refractivity (Wildman–Crippen MR) is 21.7 cm³/mol. The molecule has 0 aromatic heterocycles. The van der Waals surface area contributed by atoms with Gasteiger partial charge in [-0.15, -0.1) is 30.7 Å². The molecule has 0 unspecified atom stereocenters. The van der Waals surface area contributed by atoms with E-state index in [4.69, 9.17) is 55.9 Å². The molecule has 22 heteroatoms. The third kappa shape index (κ3) is 17800. The molecule has 0 aromatic rings. The van der Waals surface area contributed by atoms with Crippen LogP contribution in [0.2, 0.25) is 0 Å². The molecule has 22 heavy (non-hydrogen) atoms. The van der Waals surface area contributed by atoms with Crippen LogP contribution in [0.25, 0.3) is 0 Å². The normalized spacial score (nSPS) is 8.18. The molecule has 0 spiro atoms. The van der Waals surface area contributed by atoms with Gasteiger partial charge in [0.1, 0.15) is 0 Å². The van der Waals surface area contributed by atoms with E-state index in [2.05, 4.69) is 0 Å². The van der Waals surface area contributed by atoms with Gasteiger partial charge in [-0.25, -0.2) is 55.9 Å². The number of rotatable bonds is 0. The zero-order chi connectivity index (χ0) is 13.5. The number of halogens is 3. The largest absolute Gasteiger partial charge is 3.00 e. The van der Waals surface area contributed by atoms with Crippen molar-refractivity contribution >= 4 is 0 Å². The van der Waals surface area contributed by atoms with Crippen molar-refractivity contribution < 1.29 is 137 Å². The Kier molecular flexibility index (Phi) is 80.1. The molecule has 0 rings (SSSR count). The van der Waals surface area contributed by atoms with Gasteiger partial charge in [-0.05, 0) is 0 Å². The molecule has 0 aliphatic rings. The Hall–Kier alpha value is 0.669. The van der Waals surface area contributed by atoms with E-state index in [1.54, 1.807) is 0 Å². The molecule has 0 fully saturated rings. The zero-order valence-electron chi connectivity index (χ0n) is 9.39. The van der Waals surface area contributed by atoms with Gasteiger partial charge in [-0.3, -0.25) is 0 Å². The van der Waals surface area contributed by atoms with E-state index in [1.165, 1.54) is 0 Å². The Morgan fingerprint density at radius 3 is 0.273 bits per heavy atom. The molecule has 12 N–H and O–H groups in total. The summed E-state index contributed by atoms with van der Waals surface area (Å²) in [6.07, 6.45) is 0. The summed E-state index contributed by atoms with van der Waals surface area (Å²) >= 11 is 0. The second-order valence-corrected chi connectivity index (χ2v) is 3.40. The molecule has 0 saturated carbocycles. The molecule has 149 valence electrons. The zero-order valence-corrected chi connectivity index (χ0v) is 12.8. The van der Waals surface area contributed by atoms with Crippen LogP contribution in [0.4, 0.5) is 0 Å². The summed E-state index contributed by atoms with van der Waals surface area (Å²) in [4.78, 5) is 0. The van der Waals surface area contributed by atoms with Gasteiger partial charge in [0, 0.05) is 0 Å². The van der Waals surface area contributed by atoms with E-state index in [-0.39, 0.29) is 49.9 Å². The molecular weight excluding hydrogens is 450 g/mol. The molecule has 0 heterocycles. The fourth-order valence-electron chi connectivity index (χ4n) is 0. The molecule has 18 nitrogen and oxygen atoms in total. The van der Waals surface area contributed by atoms with Crippen molar-refractivity contribution in [3.05, 3.63) is 0 Å². The third-order valence-corrected chi connectivity index (χ3v) is 0. The third-order valence-electron chi connectivity index (χ3n) is 0. The summed E-state index contributed by atoms with van der Waals surface area (Å²) in [6, 6.07) is 0. The minimum Gasteiger partial charge on any atom is -0.412 e. The van der Waals surface area contributed by atoms with Crippen LogP contribution in [0.5, 0.6) is 0 Å². The molecule has 0 amide bonds. The standard InChI is InChI=1S/3ClHO4.Fe.6H2O/c3*2-1(3,4)5;;;;;;;/h3*(H,2,3,4,5);;6*1H2/q;;;+3;;;;;;/p-3. The molecular formula is H12Cl3FeO18. The van der Waals surface area contributed by atoms with E-state index in [0.29, 0.717) is 0 Å². The molecule has 0 bridgehead atoms. The predicted octanol–water partition coefficient (Wildman–Crippen LogP) is -19.2. The topological polar surface area (TPSA) is 466 Å². The van der Waals surface area contributed by atoms with Gasteiger partial charge in [0.2, 0.25) is 0 Å². The summed E-state index contributed by atoms with van der Waals surface area (Å²) in [5, 5.41) is 0. The van der Waals surface area contributed by atoms with Gasteiger partial charge in [0.15, 0.2) is 0 Å². The monoisotopic (exact) mass is 461 g/mol. The quantitative estimate of drug-likeness (QED) is 0.303. The van der Waals surface area contributed by atoms with Gasteiger partial charge in [0.05, 0.1) is 0 Å². The molecule has 0 aliphatic carbocycles. The smallest absolute Gasteiger partial charge is 0.412 e. The Morgan fingerprint density at radius 1 is 0.273 bits per heavy atom. The van der Waals surface area contributed by atoms with Gasteiger partial charge >= 0.3 is 17.1 Å². The summed E-state index contributed by atoms with van der Waals surface area (Å²) in [5.41, 5.74) is 0. The molecule has 0 atom stereocenters. The van der Waals surface area contributed by atoms with Crippen LogP contribution >= 0.6 is 0 Å². The van der Waals surface area contributed by atoms with Gasteiger partial charge < -0.3 is 32.9 Å². The molecule has 0 aromatic carbocycles. The average Bonchev–Trinajstić information content (AvgIpc) is 1.41. The van der Waals surface area contributed by atoms with E-state index < -0.39 is 30.7 Å². The second-order valence-electron chi connectivity index (χ2n) is 1.13. The van der Waals surface area contributed by atoms with E-state index in [0.717, 1.165) is 0 Å². The fraction of sp³-hybridized carbons (Fsp3) is 0. The Morgan fingerprint density at radius 2 is 0.273 bits per heavy atom. The maximum atomic E-state index is 8.49. The van der Waals surface area contributed by atoms with Gasteiger partial charge in [-0.2, -0.15) is 0 Å². The van der Waals surface area contributed by atoms with Crippen molar-refractivity contribution in [3.8, 4) is 0 Å². The van der Waals surface area contributed by atoms with Gasteiger partial charge in [0.25, 0.3) is 0 Å². The van der Waals surface area contributed by atoms with Crippen LogP contribution in [0.3, 0.4) is 0 Å². The van der Waals surface area contributed by atoms with Crippen molar-refractivity contribution in [2.75, 3.05) is 0 Å². The first-order chi connectivity index (χ1) is 6.00. The van der Waals surface area contributed by atoms with Crippen LogP contribution in [0, 0.1) is 30.7 Å². The van der Waals surface area contributed by atoms with Crippen LogP contribution < -0.4 is 55.9 Å². The van der Waals surface area contributed by atoms with Crippen LogP contribution in [-0.2, 0) is 17.1 Å². The SMILES string of the molecule is O.O.O.O.O.O.[Fe+3].[O-][Cl+3]([O-])([O-])[O-].[O-][Cl+3]([O-])([O-])[O-].[O-][Cl+3]([O-])([O-])[O-]. The van der Waals surface area contributed by atoms with Gasteiger partial charge in [-0.1, -0.05) is 0 Å². The maximum Gasteiger partial charge on any atom is 3.00 e. The van der Waals surface area contributed by atoms with E-state index in [9.17, 15) is 0 Å². The number of hydrogen-bond donors (Lipinski definition) is 0. The maximum absolute atomic E-state index is 8.49. The number of hydrogen-bond acceptors (Lipinski definition) is 12. The van der Waals surface area contributed by atoms with Crippen molar-refractivity contribution in [2.45, 2.75) is 0 Å². The molecule has 1 radical (unpaired) electrons. The first-order valence-electron chi connectivity index (χ1n) is 1.85. The Bertz CT molecular complexity index is 93.4. The van der Waals surface area contributed by atoms with Crippen LogP contribution in [-0.4, -0.2) is 32.9 Å². The van der Waals surface area contributed by atoms with Crippen LogP contribution in [0.15, 0.2) is 0 Å². The Labute approximate surface area is 137 Å². The Balaban J connectivity index is -0.0000000106. The summed E-state index contributed by atoms with van der Waals surface area (Å²) in [6.45, 7) is 0. The van der Waals surface area contributed by atoms with Crippen molar-refractivity contribution in [2.24, 2.45) is 0 Å².